The van der Waals surface area contributed by atoms with Crippen LogP contribution in [0.3, 0.4) is 0 Å². The first-order valence-corrected chi connectivity index (χ1v) is 7.67. The van der Waals surface area contributed by atoms with Gasteiger partial charge < -0.3 is 4.74 Å². The molecular formula is C16H16Cl2N2O. The van der Waals surface area contributed by atoms with Gasteiger partial charge in [0.1, 0.15) is 5.15 Å². The van der Waals surface area contributed by atoms with Gasteiger partial charge in [0.15, 0.2) is 0 Å². The van der Waals surface area contributed by atoms with Crippen molar-refractivity contribution in [1.29, 1.82) is 0 Å². The van der Waals surface area contributed by atoms with E-state index in [0.29, 0.717) is 11.8 Å². The van der Waals surface area contributed by atoms with Crippen LogP contribution < -0.4 is 0 Å². The normalized spacial score (nSPS) is 19.6. The number of rotatable bonds is 3. The number of hydrogen-bond donors (Lipinski definition) is 0. The Hall–Kier alpha value is -1.13. The summed E-state index contributed by atoms with van der Waals surface area (Å²) in [6, 6.07) is 13.6. The molecule has 1 aromatic heterocycles. The average Bonchev–Trinajstić information content (AvgIpc) is 2.48. The largest absolute Gasteiger partial charge is 0.371 e. The third kappa shape index (κ3) is 3.95. The van der Waals surface area contributed by atoms with E-state index in [1.807, 2.05) is 36.4 Å². The number of pyridine rings is 1. The van der Waals surface area contributed by atoms with Gasteiger partial charge in [-0.15, -0.1) is 0 Å². The monoisotopic (exact) mass is 322 g/mol. The second-order valence-electron chi connectivity index (χ2n) is 5.10. The van der Waals surface area contributed by atoms with Gasteiger partial charge in [0.25, 0.3) is 0 Å². The fraction of sp³-hybridized carbons (Fsp3) is 0.312. The maximum Gasteiger partial charge on any atom is 0.129 e. The summed E-state index contributed by atoms with van der Waals surface area (Å²) in [7, 11) is 0. The molecule has 0 saturated carbocycles. The molecule has 3 rings (SSSR count). The van der Waals surface area contributed by atoms with Gasteiger partial charge in [0, 0.05) is 24.7 Å². The second kappa shape index (κ2) is 6.75. The Morgan fingerprint density at radius 1 is 1.14 bits per heavy atom. The van der Waals surface area contributed by atoms with E-state index in [-0.39, 0.29) is 6.10 Å². The Kier molecular flexibility index (Phi) is 4.76. The van der Waals surface area contributed by atoms with Crippen LogP contribution in [0.2, 0.25) is 10.2 Å². The first-order chi connectivity index (χ1) is 10.2. The van der Waals surface area contributed by atoms with Crippen LogP contribution in [0.15, 0.2) is 42.5 Å². The highest BCUT2D eigenvalue weighted by molar-refractivity contribution is 6.30. The molecule has 5 heteroatoms. The zero-order valence-corrected chi connectivity index (χ0v) is 13.0. The van der Waals surface area contributed by atoms with E-state index < -0.39 is 0 Å². The van der Waals surface area contributed by atoms with Crippen molar-refractivity contribution in [3.8, 4) is 0 Å². The summed E-state index contributed by atoms with van der Waals surface area (Å²) >= 11 is 11.9. The third-order valence-corrected chi connectivity index (χ3v) is 4.01. The molecule has 1 aliphatic rings. The maximum absolute atomic E-state index is 5.94. The fourth-order valence-electron chi connectivity index (χ4n) is 2.49. The minimum absolute atomic E-state index is 0.0789. The summed E-state index contributed by atoms with van der Waals surface area (Å²) in [6.45, 7) is 3.25. The molecule has 0 amide bonds. The Balaban J connectivity index is 1.67. The Morgan fingerprint density at radius 2 is 1.95 bits per heavy atom. The van der Waals surface area contributed by atoms with Crippen molar-refractivity contribution >= 4 is 23.2 Å². The topological polar surface area (TPSA) is 25.4 Å². The lowest BCUT2D eigenvalue weighted by Gasteiger charge is -2.33. The van der Waals surface area contributed by atoms with Gasteiger partial charge in [-0.05, 0) is 29.8 Å². The highest BCUT2D eigenvalue weighted by Gasteiger charge is 2.22. The molecule has 110 valence electrons. The minimum Gasteiger partial charge on any atom is -0.371 e. The fourth-order valence-corrected chi connectivity index (χ4v) is 2.80. The van der Waals surface area contributed by atoms with Crippen LogP contribution in [0.5, 0.6) is 0 Å². The van der Waals surface area contributed by atoms with Crippen molar-refractivity contribution in [2.75, 3.05) is 19.7 Å². The SMILES string of the molecule is Clc1ccc([C@@H]2CN(Cc3cccc(Cl)n3)CCO2)cc1. The summed E-state index contributed by atoms with van der Waals surface area (Å²) in [4.78, 5) is 6.68. The average molecular weight is 323 g/mol. The van der Waals surface area contributed by atoms with Crippen molar-refractivity contribution in [2.45, 2.75) is 12.6 Å². The molecule has 1 saturated heterocycles. The third-order valence-electron chi connectivity index (χ3n) is 3.55. The molecule has 1 aliphatic heterocycles. The van der Waals surface area contributed by atoms with E-state index in [9.17, 15) is 0 Å². The Bertz CT molecular complexity index is 603. The molecule has 0 spiro atoms. The van der Waals surface area contributed by atoms with Gasteiger partial charge in [-0.25, -0.2) is 4.98 Å². The standard InChI is InChI=1S/C16H16Cl2N2O/c17-13-6-4-12(5-7-13)15-11-20(8-9-21-15)10-14-2-1-3-16(18)19-14/h1-7,15H,8-11H2/t15-/m0/s1. The smallest absolute Gasteiger partial charge is 0.129 e. The van der Waals surface area contributed by atoms with Crippen LogP contribution in [0.25, 0.3) is 0 Å². The number of nitrogens with zero attached hydrogens (tertiary/aromatic N) is 2. The summed E-state index contributed by atoms with van der Waals surface area (Å²) in [6.07, 6.45) is 0.0789. The number of aromatic nitrogens is 1. The number of ether oxygens (including phenoxy) is 1. The molecule has 1 fully saturated rings. The van der Waals surface area contributed by atoms with Gasteiger partial charge in [-0.1, -0.05) is 41.4 Å². The van der Waals surface area contributed by atoms with Gasteiger partial charge >= 0.3 is 0 Å². The van der Waals surface area contributed by atoms with E-state index in [1.54, 1.807) is 6.07 Å². The number of benzene rings is 1. The molecule has 0 N–H and O–H groups in total. The van der Waals surface area contributed by atoms with Crippen LogP contribution >= 0.6 is 23.2 Å². The van der Waals surface area contributed by atoms with Crippen molar-refractivity contribution < 1.29 is 4.74 Å². The molecule has 21 heavy (non-hydrogen) atoms. The molecule has 0 aliphatic carbocycles. The molecule has 0 bridgehead atoms. The highest BCUT2D eigenvalue weighted by atomic mass is 35.5. The highest BCUT2D eigenvalue weighted by Crippen LogP contribution is 2.24. The van der Waals surface area contributed by atoms with Crippen LogP contribution in [0.4, 0.5) is 0 Å². The lowest BCUT2D eigenvalue weighted by molar-refractivity contribution is -0.0332. The summed E-state index contributed by atoms with van der Waals surface area (Å²) in [5.74, 6) is 0. The number of halogens is 2. The van der Waals surface area contributed by atoms with Crippen molar-refractivity contribution in [2.24, 2.45) is 0 Å². The zero-order chi connectivity index (χ0) is 14.7. The van der Waals surface area contributed by atoms with Crippen LogP contribution in [-0.2, 0) is 11.3 Å². The van der Waals surface area contributed by atoms with E-state index in [1.165, 1.54) is 0 Å². The molecule has 3 nitrogen and oxygen atoms in total. The van der Waals surface area contributed by atoms with Gasteiger partial charge in [-0.3, -0.25) is 4.90 Å². The Labute approximate surface area is 134 Å². The van der Waals surface area contributed by atoms with E-state index in [4.69, 9.17) is 27.9 Å². The lowest BCUT2D eigenvalue weighted by Crippen LogP contribution is -2.38. The number of morpholine rings is 1. The molecule has 0 unspecified atom stereocenters. The zero-order valence-electron chi connectivity index (χ0n) is 11.5. The molecule has 1 aromatic carbocycles. The molecule has 2 heterocycles. The summed E-state index contributed by atoms with van der Waals surface area (Å²) in [5.41, 5.74) is 2.14. The van der Waals surface area contributed by atoms with Crippen LogP contribution in [0, 0.1) is 0 Å². The van der Waals surface area contributed by atoms with E-state index in [0.717, 1.165) is 35.9 Å². The van der Waals surface area contributed by atoms with Gasteiger partial charge in [0.05, 0.1) is 18.4 Å². The van der Waals surface area contributed by atoms with E-state index >= 15 is 0 Å². The van der Waals surface area contributed by atoms with Crippen LogP contribution in [0.1, 0.15) is 17.4 Å². The Morgan fingerprint density at radius 3 is 2.71 bits per heavy atom. The molecule has 0 radical (unpaired) electrons. The van der Waals surface area contributed by atoms with Gasteiger partial charge in [-0.2, -0.15) is 0 Å². The summed E-state index contributed by atoms with van der Waals surface area (Å²) in [5, 5.41) is 1.28. The predicted molar refractivity (Wildman–Crippen MR) is 84.7 cm³/mol. The molecular weight excluding hydrogens is 307 g/mol. The first-order valence-electron chi connectivity index (χ1n) is 6.91. The quantitative estimate of drug-likeness (QED) is 0.800. The molecule has 2 aromatic rings. The summed E-state index contributed by atoms with van der Waals surface area (Å²) < 4.78 is 5.86. The van der Waals surface area contributed by atoms with Gasteiger partial charge in [0.2, 0.25) is 0 Å². The van der Waals surface area contributed by atoms with E-state index in [2.05, 4.69) is 9.88 Å². The first kappa shape index (κ1) is 14.8. The number of hydrogen-bond acceptors (Lipinski definition) is 3. The lowest BCUT2D eigenvalue weighted by atomic mass is 10.1. The van der Waals surface area contributed by atoms with Crippen molar-refractivity contribution in [3.63, 3.8) is 0 Å². The second-order valence-corrected chi connectivity index (χ2v) is 5.92. The van der Waals surface area contributed by atoms with Crippen molar-refractivity contribution in [1.82, 2.24) is 9.88 Å². The molecule has 1 atom stereocenters. The maximum atomic E-state index is 5.94. The van der Waals surface area contributed by atoms with Crippen molar-refractivity contribution in [3.05, 3.63) is 63.9 Å². The van der Waals surface area contributed by atoms with Crippen LogP contribution in [-0.4, -0.2) is 29.6 Å². The predicted octanol–water partition coefficient (Wildman–Crippen LogP) is 3.96. The minimum atomic E-state index is 0.0789.